The SMILES string of the molecule is Cn1[nH]c(=O)c2c1CN(Cc1nnc(-c3ccccc3)s1)CC2. The average molecular weight is 327 g/mol. The predicted molar refractivity (Wildman–Crippen MR) is 89.2 cm³/mol. The van der Waals surface area contributed by atoms with E-state index in [4.69, 9.17) is 0 Å². The third kappa shape index (κ3) is 2.73. The fourth-order valence-electron chi connectivity index (χ4n) is 2.98. The molecule has 23 heavy (non-hydrogen) atoms. The number of H-pyrrole nitrogens is 1. The summed E-state index contributed by atoms with van der Waals surface area (Å²) in [7, 11) is 1.89. The molecule has 0 aliphatic carbocycles. The molecule has 7 heteroatoms. The van der Waals surface area contributed by atoms with Crippen molar-refractivity contribution < 1.29 is 0 Å². The number of hydrogen-bond acceptors (Lipinski definition) is 5. The second-order valence-corrected chi connectivity index (χ2v) is 6.81. The van der Waals surface area contributed by atoms with E-state index in [0.29, 0.717) is 0 Å². The van der Waals surface area contributed by atoms with E-state index in [1.807, 2.05) is 42.1 Å². The summed E-state index contributed by atoms with van der Waals surface area (Å²) < 4.78 is 1.83. The molecule has 0 bridgehead atoms. The molecule has 1 aliphatic rings. The third-order valence-corrected chi connectivity index (χ3v) is 5.15. The summed E-state index contributed by atoms with van der Waals surface area (Å²) in [6, 6.07) is 10.1. The zero-order valence-electron chi connectivity index (χ0n) is 12.8. The van der Waals surface area contributed by atoms with Gasteiger partial charge in [-0.25, -0.2) is 0 Å². The normalized spacial score (nSPS) is 14.8. The second-order valence-electron chi connectivity index (χ2n) is 5.75. The van der Waals surface area contributed by atoms with Crippen molar-refractivity contribution in [2.45, 2.75) is 19.5 Å². The summed E-state index contributed by atoms with van der Waals surface area (Å²) in [5.74, 6) is 0. The first-order valence-corrected chi connectivity index (χ1v) is 8.39. The number of hydrogen-bond donors (Lipinski definition) is 1. The highest BCUT2D eigenvalue weighted by molar-refractivity contribution is 7.14. The molecule has 3 heterocycles. The number of benzene rings is 1. The van der Waals surface area contributed by atoms with Gasteiger partial charge in [-0.05, 0) is 6.42 Å². The molecule has 0 spiro atoms. The lowest BCUT2D eigenvalue weighted by atomic mass is 10.1. The molecule has 0 amide bonds. The fourth-order valence-corrected chi connectivity index (χ4v) is 3.87. The highest BCUT2D eigenvalue weighted by Gasteiger charge is 2.23. The van der Waals surface area contributed by atoms with E-state index in [1.165, 1.54) is 0 Å². The maximum atomic E-state index is 11.8. The molecule has 3 aromatic rings. The molecule has 0 atom stereocenters. The van der Waals surface area contributed by atoms with Crippen LogP contribution in [0, 0.1) is 0 Å². The summed E-state index contributed by atoms with van der Waals surface area (Å²) in [5, 5.41) is 13.4. The van der Waals surface area contributed by atoms with Gasteiger partial charge in [0.25, 0.3) is 5.56 Å². The Hall–Kier alpha value is -2.25. The molecule has 118 valence electrons. The molecule has 1 N–H and O–H groups in total. The molecular weight excluding hydrogens is 310 g/mol. The van der Waals surface area contributed by atoms with Crippen LogP contribution in [0.4, 0.5) is 0 Å². The lowest BCUT2D eigenvalue weighted by Gasteiger charge is -2.25. The van der Waals surface area contributed by atoms with E-state index in [9.17, 15) is 4.79 Å². The predicted octanol–water partition coefficient (Wildman–Crippen LogP) is 1.79. The van der Waals surface area contributed by atoms with Gasteiger partial charge in [0.1, 0.15) is 10.0 Å². The number of aromatic amines is 1. The van der Waals surface area contributed by atoms with Gasteiger partial charge in [-0.15, -0.1) is 10.2 Å². The molecule has 0 unspecified atom stereocenters. The minimum absolute atomic E-state index is 0.0458. The molecule has 0 radical (unpaired) electrons. The van der Waals surface area contributed by atoms with Crippen LogP contribution in [0.3, 0.4) is 0 Å². The molecule has 2 aromatic heterocycles. The number of rotatable bonds is 3. The van der Waals surface area contributed by atoms with Gasteiger partial charge in [-0.1, -0.05) is 41.7 Å². The Labute approximate surface area is 137 Å². The van der Waals surface area contributed by atoms with E-state index in [-0.39, 0.29) is 5.56 Å². The first-order chi connectivity index (χ1) is 11.2. The van der Waals surface area contributed by atoms with Crippen molar-refractivity contribution in [3.63, 3.8) is 0 Å². The van der Waals surface area contributed by atoms with Gasteiger partial charge < -0.3 is 0 Å². The quantitative estimate of drug-likeness (QED) is 0.796. The number of fused-ring (bicyclic) bond motifs is 1. The van der Waals surface area contributed by atoms with E-state index in [0.717, 1.165) is 52.9 Å². The van der Waals surface area contributed by atoms with Crippen LogP contribution in [0.2, 0.25) is 0 Å². The molecule has 1 aromatic carbocycles. The van der Waals surface area contributed by atoms with Crippen molar-refractivity contribution in [3.8, 4) is 10.6 Å². The first kappa shape index (κ1) is 14.3. The number of nitrogens with zero attached hydrogens (tertiary/aromatic N) is 4. The molecule has 1 aliphatic heterocycles. The van der Waals surface area contributed by atoms with E-state index >= 15 is 0 Å². The number of aromatic nitrogens is 4. The van der Waals surface area contributed by atoms with Crippen molar-refractivity contribution in [3.05, 3.63) is 57.0 Å². The molecule has 0 saturated heterocycles. The van der Waals surface area contributed by atoms with Crippen molar-refractivity contribution in [2.75, 3.05) is 6.54 Å². The molecule has 6 nitrogen and oxygen atoms in total. The van der Waals surface area contributed by atoms with Crippen molar-refractivity contribution in [1.82, 2.24) is 24.9 Å². The topological polar surface area (TPSA) is 66.8 Å². The Morgan fingerprint density at radius 3 is 2.91 bits per heavy atom. The summed E-state index contributed by atoms with van der Waals surface area (Å²) in [6.45, 7) is 2.41. The number of nitrogens with one attached hydrogen (secondary N) is 1. The van der Waals surface area contributed by atoms with Gasteiger partial charge in [0.15, 0.2) is 0 Å². The van der Waals surface area contributed by atoms with Gasteiger partial charge in [0.2, 0.25) is 0 Å². The minimum atomic E-state index is 0.0458. The van der Waals surface area contributed by atoms with Gasteiger partial charge in [0.05, 0.1) is 12.2 Å². The highest BCUT2D eigenvalue weighted by Crippen LogP contribution is 2.25. The van der Waals surface area contributed by atoms with Crippen LogP contribution in [0.1, 0.15) is 16.3 Å². The smallest absolute Gasteiger partial charge is 0.267 e. The van der Waals surface area contributed by atoms with Crippen LogP contribution in [-0.4, -0.2) is 31.4 Å². The van der Waals surface area contributed by atoms with Crippen LogP contribution < -0.4 is 5.56 Å². The molecule has 0 fully saturated rings. The van der Waals surface area contributed by atoms with Gasteiger partial charge >= 0.3 is 0 Å². The third-order valence-electron chi connectivity index (χ3n) is 4.19. The summed E-state index contributed by atoms with van der Waals surface area (Å²) in [6.07, 6.45) is 0.788. The largest absolute Gasteiger partial charge is 0.291 e. The second kappa shape index (κ2) is 5.75. The Kier molecular flexibility index (Phi) is 3.59. The standard InChI is InChI=1S/C16H17N5OS/c1-20-13-9-21(8-7-12(13)15(22)19-20)10-14-17-18-16(23-14)11-5-3-2-4-6-11/h2-6H,7-10H2,1H3,(H,19,22). The molecular formula is C16H17N5OS. The summed E-state index contributed by atoms with van der Waals surface area (Å²) in [5.41, 5.74) is 3.15. The van der Waals surface area contributed by atoms with Crippen LogP contribution >= 0.6 is 11.3 Å². The fraction of sp³-hybridized carbons (Fsp3) is 0.312. The Bertz CT molecular complexity index is 880. The number of aryl methyl sites for hydroxylation is 1. The maximum Gasteiger partial charge on any atom is 0.267 e. The maximum absolute atomic E-state index is 11.8. The van der Waals surface area contributed by atoms with Crippen LogP contribution in [0.5, 0.6) is 0 Å². The Morgan fingerprint density at radius 2 is 2.09 bits per heavy atom. The summed E-state index contributed by atoms with van der Waals surface area (Å²) >= 11 is 1.63. The average Bonchev–Trinajstić information content (AvgIpc) is 3.14. The minimum Gasteiger partial charge on any atom is -0.291 e. The van der Waals surface area contributed by atoms with E-state index < -0.39 is 0 Å². The summed E-state index contributed by atoms with van der Waals surface area (Å²) in [4.78, 5) is 14.1. The first-order valence-electron chi connectivity index (χ1n) is 7.57. The lowest BCUT2D eigenvalue weighted by Crippen LogP contribution is -2.32. The highest BCUT2D eigenvalue weighted by atomic mass is 32.1. The van der Waals surface area contributed by atoms with Gasteiger partial charge in [0, 0.05) is 31.3 Å². The molecule has 4 rings (SSSR count). The van der Waals surface area contributed by atoms with Gasteiger partial charge in [-0.3, -0.25) is 19.5 Å². The van der Waals surface area contributed by atoms with Crippen molar-refractivity contribution in [2.24, 2.45) is 7.05 Å². The van der Waals surface area contributed by atoms with Crippen LogP contribution in [0.25, 0.3) is 10.6 Å². The monoisotopic (exact) mass is 327 g/mol. The van der Waals surface area contributed by atoms with Crippen LogP contribution in [-0.2, 0) is 26.6 Å². The van der Waals surface area contributed by atoms with Crippen molar-refractivity contribution >= 4 is 11.3 Å². The molecule has 0 saturated carbocycles. The Morgan fingerprint density at radius 1 is 1.26 bits per heavy atom. The van der Waals surface area contributed by atoms with Crippen molar-refractivity contribution in [1.29, 1.82) is 0 Å². The van der Waals surface area contributed by atoms with E-state index in [2.05, 4.69) is 20.2 Å². The van der Waals surface area contributed by atoms with Gasteiger partial charge in [-0.2, -0.15) is 0 Å². The Balaban J connectivity index is 1.51. The zero-order chi connectivity index (χ0) is 15.8. The van der Waals surface area contributed by atoms with Crippen LogP contribution in [0.15, 0.2) is 35.1 Å². The zero-order valence-corrected chi connectivity index (χ0v) is 13.6. The lowest BCUT2D eigenvalue weighted by molar-refractivity contribution is 0.237. The van der Waals surface area contributed by atoms with E-state index in [1.54, 1.807) is 11.3 Å².